The van der Waals surface area contributed by atoms with Crippen molar-refractivity contribution in [3.63, 3.8) is 0 Å². The van der Waals surface area contributed by atoms with Crippen molar-refractivity contribution in [2.75, 3.05) is 7.11 Å². The van der Waals surface area contributed by atoms with Crippen LogP contribution in [0.25, 0.3) is 0 Å². The number of methoxy groups -OCH3 is 1. The van der Waals surface area contributed by atoms with E-state index in [0.717, 1.165) is 5.57 Å². The number of carbonyl (C=O) groups is 1. The van der Waals surface area contributed by atoms with Gasteiger partial charge in [0, 0.05) is 0 Å². The van der Waals surface area contributed by atoms with Crippen molar-refractivity contribution in [1.29, 1.82) is 0 Å². The molecule has 23 heavy (non-hydrogen) atoms. The molecule has 0 unspecified atom stereocenters. The highest BCUT2D eigenvalue weighted by Gasteiger charge is 2.43. The highest BCUT2D eigenvalue weighted by Crippen LogP contribution is 2.40. The molecule has 132 valence electrons. The van der Waals surface area contributed by atoms with Gasteiger partial charge in [-0.15, -0.1) is 0 Å². The SMILES string of the molecule is C=C1C[C@@H](CC(=O)OC)O[C@H](/C=C/I)[C@H]1O[Si](C)(C)C(C)(C)C. The van der Waals surface area contributed by atoms with Crippen LogP contribution in [-0.4, -0.2) is 39.7 Å². The second kappa shape index (κ2) is 8.27. The molecule has 0 aliphatic carbocycles. The van der Waals surface area contributed by atoms with E-state index in [1.165, 1.54) is 7.11 Å². The zero-order chi connectivity index (χ0) is 17.8. The summed E-state index contributed by atoms with van der Waals surface area (Å²) in [6, 6.07) is 0. The lowest BCUT2D eigenvalue weighted by molar-refractivity contribution is -0.146. The number of rotatable bonds is 5. The highest BCUT2D eigenvalue weighted by molar-refractivity contribution is 14.1. The van der Waals surface area contributed by atoms with Crippen molar-refractivity contribution in [3.05, 3.63) is 22.3 Å². The minimum atomic E-state index is -1.93. The summed E-state index contributed by atoms with van der Waals surface area (Å²) in [6.07, 6.45) is 2.28. The van der Waals surface area contributed by atoms with Gasteiger partial charge in [0.1, 0.15) is 6.10 Å². The fourth-order valence-corrected chi connectivity index (χ4v) is 3.93. The Morgan fingerprint density at radius 2 is 2.09 bits per heavy atom. The number of carbonyl (C=O) groups excluding carboxylic acids is 1. The third-order valence-corrected chi connectivity index (χ3v) is 9.52. The minimum absolute atomic E-state index is 0.120. The quantitative estimate of drug-likeness (QED) is 0.265. The molecule has 6 heteroatoms. The van der Waals surface area contributed by atoms with E-state index in [-0.39, 0.29) is 35.7 Å². The topological polar surface area (TPSA) is 44.8 Å². The molecule has 1 heterocycles. The number of halogens is 1. The van der Waals surface area contributed by atoms with Crippen LogP contribution in [0.5, 0.6) is 0 Å². The number of hydrogen-bond donors (Lipinski definition) is 0. The maximum absolute atomic E-state index is 11.5. The van der Waals surface area contributed by atoms with E-state index in [2.05, 4.69) is 63.0 Å². The third kappa shape index (κ3) is 5.69. The number of hydrogen-bond acceptors (Lipinski definition) is 4. The van der Waals surface area contributed by atoms with Crippen molar-refractivity contribution in [3.8, 4) is 0 Å². The summed E-state index contributed by atoms with van der Waals surface area (Å²) < 4.78 is 19.3. The van der Waals surface area contributed by atoms with Crippen LogP contribution < -0.4 is 0 Å². The molecular weight excluding hydrogens is 423 g/mol. The fourth-order valence-electron chi connectivity index (χ4n) is 2.23. The maximum atomic E-state index is 11.5. The van der Waals surface area contributed by atoms with Crippen LogP contribution in [0.4, 0.5) is 0 Å². The van der Waals surface area contributed by atoms with Gasteiger partial charge in [0.05, 0.1) is 25.7 Å². The molecule has 3 atom stereocenters. The van der Waals surface area contributed by atoms with Gasteiger partial charge < -0.3 is 13.9 Å². The summed E-state index contributed by atoms with van der Waals surface area (Å²) in [5.41, 5.74) is 0.995. The van der Waals surface area contributed by atoms with Gasteiger partial charge in [0.2, 0.25) is 0 Å². The number of esters is 1. The summed E-state index contributed by atoms with van der Waals surface area (Å²) in [7, 11) is -0.540. The Kier molecular flexibility index (Phi) is 7.50. The van der Waals surface area contributed by atoms with E-state index in [1.54, 1.807) is 0 Å². The second-order valence-electron chi connectivity index (χ2n) is 7.48. The van der Waals surface area contributed by atoms with Gasteiger partial charge >= 0.3 is 5.97 Å². The molecule has 1 saturated heterocycles. The predicted molar refractivity (Wildman–Crippen MR) is 104 cm³/mol. The van der Waals surface area contributed by atoms with E-state index in [1.807, 2.05) is 10.2 Å². The highest BCUT2D eigenvalue weighted by atomic mass is 127. The average molecular weight is 452 g/mol. The smallest absolute Gasteiger partial charge is 0.308 e. The van der Waals surface area contributed by atoms with Crippen LogP contribution in [0.2, 0.25) is 18.1 Å². The fraction of sp³-hybridized carbons (Fsp3) is 0.706. The molecule has 0 bridgehead atoms. The Labute approximate surface area is 154 Å². The van der Waals surface area contributed by atoms with Crippen molar-refractivity contribution in [2.45, 2.75) is 70.1 Å². The van der Waals surface area contributed by atoms with E-state index in [4.69, 9.17) is 13.9 Å². The van der Waals surface area contributed by atoms with Crippen LogP contribution in [0.1, 0.15) is 33.6 Å². The first-order valence-corrected chi connectivity index (χ1v) is 12.0. The van der Waals surface area contributed by atoms with Gasteiger partial charge in [-0.25, -0.2) is 0 Å². The van der Waals surface area contributed by atoms with Gasteiger partial charge in [-0.1, -0.05) is 49.9 Å². The van der Waals surface area contributed by atoms with Gasteiger partial charge in [0.25, 0.3) is 0 Å². The normalized spacial score (nSPS) is 26.6. The zero-order valence-electron chi connectivity index (χ0n) is 15.0. The standard InChI is InChI=1S/C17H29IO4Si/c1-12-10-13(11-15(19)20-5)21-14(8-9-18)16(12)22-23(6,7)17(2,3)4/h8-9,13-14,16H,1,10-11H2,2-7H3/b9-8+/t13-,14+,16-/m0/s1. The molecule has 1 rings (SSSR count). The summed E-state index contributed by atoms with van der Waals surface area (Å²) in [4.78, 5) is 11.5. The molecule has 1 aliphatic rings. The van der Waals surface area contributed by atoms with Gasteiger partial charge in [0.15, 0.2) is 8.32 Å². The first kappa shape index (κ1) is 20.9. The van der Waals surface area contributed by atoms with Gasteiger partial charge in [-0.05, 0) is 40.3 Å². The largest absolute Gasteiger partial charge is 0.469 e. The zero-order valence-corrected chi connectivity index (χ0v) is 18.2. The monoisotopic (exact) mass is 452 g/mol. The number of ether oxygens (including phenoxy) is 2. The maximum Gasteiger partial charge on any atom is 0.308 e. The molecule has 0 aromatic rings. The summed E-state index contributed by atoms with van der Waals surface area (Å²) >= 11 is 2.17. The molecule has 1 fully saturated rings. The molecule has 0 saturated carbocycles. The molecule has 0 aromatic carbocycles. The predicted octanol–water partition coefficient (Wildman–Crippen LogP) is 4.60. The molecule has 0 amide bonds. The Morgan fingerprint density at radius 3 is 2.57 bits per heavy atom. The molecule has 0 N–H and O–H groups in total. The van der Waals surface area contributed by atoms with Crippen molar-refractivity contribution in [2.24, 2.45) is 0 Å². The van der Waals surface area contributed by atoms with E-state index in [0.29, 0.717) is 6.42 Å². The average Bonchev–Trinajstić information content (AvgIpc) is 2.41. The molecule has 4 nitrogen and oxygen atoms in total. The minimum Gasteiger partial charge on any atom is -0.469 e. The van der Waals surface area contributed by atoms with E-state index < -0.39 is 8.32 Å². The Morgan fingerprint density at radius 1 is 1.48 bits per heavy atom. The summed E-state index contributed by atoms with van der Waals surface area (Å²) in [5, 5.41) is 0.120. The first-order chi connectivity index (χ1) is 10.5. The van der Waals surface area contributed by atoms with Crippen LogP contribution >= 0.6 is 22.6 Å². The van der Waals surface area contributed by atoms with Crippen LogP contribution in [0.15, 0.2) is 22.3 Å². The first-order valence-electron chi connectivity index (χ1n) is 7.86. The van der Waals surface area contributed by atoms with Crippen LogP contribution in [0, 0.1) is 0 Å². The lowest BCUT2D eigenvalue weighted by Gasteiger charge is -2.44. The van der Waals surface area contributed by atoms with Gasteiger partial charge in [-0.3, -0.25) is 4.79 Å². The molecular formula is C17H29IO4Si. The van der Waals surface area contributed by atoms with Crippen molar-refractivity contribution in [1.82, 2.24) is 0 Å². The van der Waals surface area contributed by atoms with Crippen molar-refractivity contribution >= 4 is 36.9 Å². The van der Waals surface area contributed by atoms with Crippen molar-refractivity contribution < 1.29 is 18.7 Å². The van der Waals surface area contributed by atoms with Crippen LogP contribution in [0.3, 0.4) is 0 Å². The molecule has 1 aliphatic heterocycles. The summed E-state index contributed by atoms with van der Waals surface area (Å²) in [6.45, 7) is 15.3. The molecule has 0 aromatic heterocycles. The van der Waals surface area contributed by atoms with E-state index in [9.17, 15) is 4.79 Å². The van der Waals surface area contributed by atoms with E-state index >= 15 is 0 Å². The Bertz CT molecular complexity index is 468. The lowest BCUT2D eigenvalue weighted by Crippen LogP contribution is -2.50. The van der Waals surface area contributed by atoms with Gasteiger partial charge in [-0.2, -0.15) is 0 Å². The molecule has 0 radical (unpaired) electrons. The Balaban J connectivity index is 2.91. The Hall–Kier alpha value is -0.183. The third-order valence-electron chi connectivity index (χ3n) is 4.65. The lowest BCUT2D eigenvalue weighted by atomic mass is 9.95. The summed E-state index contributed by atoms with van der Waals surface area (Å²) in [5.74, 6) is -0.260. The molecule has 0 spiro atoms. The van der Waals surface area contributed by atoms with Crippen LogP contribution in [-0.2, 0) is 18.7 Å². The second-order valence-corrected chi connectivity index (χ2v) is 13.0.